The Hall–Kier alpha value is -2.67. The molecule has 2 aromatic rings. The van der Waals surface area contributed by atoms with Crippen LogP contribution in [0.15, 0.2) is 48.5 Å². The van der Waals surface area contributed by atoms with Crippen molar-refractivity contribution >= 4 is 33.2 Å². The highest BCUT2D eigenvalue weighted by Crippen LogP contribution is 2.37. The van der Waals surface area contributed by atoms with Crippen LogP contribution < -0.4 is 9.21 Å². The van der Waals surface area contributed by atoms with E-state index in [0.717, 1.165) is 22.0 Å². The van der Waals surface area contributed by atoms with Gasteiger partial charge in [-0.2, -0.15) is 0 Å². The van der Waals surface area contributed by atoms with E-state index in [0.29, 0.717) is 5.56 Å². The Morgan fingerprint density at radius 2 is 1.82 bits per heavy atom. The van der Waals surface area contributed by atoms with Gasteiger partial charge in [0.05, 0.1) is 16.9 Å². The molecular weight excluding hydrogens is 376 g/mol. The van der Waals surface area contributed by atoms with E-state index in [9.17, 15) is 18.0 Å². The van der Waals surface area contributed by atoms with Crippen LogP contribution in [0, 0.1) is 5.41 Å². The molecule has 1 fully saturated rings. The highest BCUT2D eigenvalue weighted by molar-refractivity contribution is 7.94. The zero-order chi connectivity index (χ0) is 20.3. The summed E-state index contributed by atoms with van der Waals surface area (Å²) in [6.45, 7) is 5.22. The molecule has 4 rings (SSSR count). The van der Waals surface area contributed by atoms with Gasteiger partial charge in [-0.25, -0.2) is 12.7 Å². The summed E-state index contributed by atoms with van der Waals surface area (Å²) in [6, 6.07) is 14.1. The van der Waals surface area contributed by atoms with E-state index in [-0.39, 0.29) is 23.4 Å². The maximum Gasteiger partial charge on any atom is 0.258 e. The molecule has 0 saturated carbocycles. The number of sulfonamides is 1. The maximum absolute atomic E-state index is 13.2. The molecular formula is C21H22N2O4S. The lowest BCUT2D eigenvalue weighted by Gasteiger charge is -2.24. The van der Waals surface area contributed by atoms with Gasteiger partial charge in [0.25, 0.3) is 5.91 Å². The number of rotatable bonds is 2. The number of nitrogens with zero attached hydrogens (tertiary/aromatic N) is 2. The summed E-state index contributed by atoms with van der Waals surface area (Å²) in [5.41, 5.74) is 1.56. The first-order valence-corrected chi connectivity index (χ1v) is 10.8. The van der Waals surface area contributed by atoms with Gasteiger partial charge >= 0.3 is 0 Å². The summed E-state index contributed by atoms with van der Waals surface area (Å²) in [5.74, 6) is -0.923. The van der Waals surface area contributed by atoms with Crippen molar-refractivity contribution < 1.29 is 18.0 Å². The molecule has 1 atom stereocenters. The molecule has 0 unspecified atom stereocenters. The number of hydrogen-bond acceptors (Lipinski definition) is 4. The molecule has 2 aliphatic heterocycles. The van der Waals surface area contributed by atoms with Crippen molar-refractivity contribution in [1.82, 2.24) is 0 Å². The van der Waals surface area contributed by atoms with Gasteiger partial charge in [0, 0.05) is 17.3 Å². The van der Waals surface area contributed by atoms with Crippen LogP contribution in [0.5, 0.6) is 0 Å². The van der Waals surface area contributed by atoms with Gasteiger partial charge < -0.3 is 4.90 Å². The lowest BCUT2D eigenvalue weighted by molar-refractivity contribution is -0.123. The lowest BCUT2D eigenvalue weighted by Crippen LogP contribution is -2.36. The van der Waals surface area contributed by atoms with E-state index >= 15 is 0 Å². The Morgan fingerprint density at radius 1 is 1.11 bits per heavy atom. The summed E-state index contributed by atoms with van der Waals surface area (Å²) >= 11 is 0. The van der Waals surface area contributed by atoms with E-state index in [4.69, 9.17) is 0 Å². The van der Waals surface area contributed by atoms with Crippen LogP contribution in [-0.4, -0.2) is 32.0 Å². The number of anilines is 2. The SMILES string of the molecule is C[C@@H]1Cc2ccccc2N1C(=O)c1cccc(N2C(=O)C(C)(C)CS2(=O)=O)c1. The first kappa shape index (κ1) is 18.7. The number of benzene rings is 2. The third-order valence-electron chi connectivity index (χ3n) is 5.34. The number of hydrogen-bond donors (Lipinski definition) is 0. The highest BCUT2D eigenvalue weighted by atomic mass is 32.2. The number of para-hydroxylation sites is 1. The normalized spacial score (nSPS) is 22.4. The van der Waals surface area contributed by atoms with E-state index in [1.165, 1.54) is 6.07 Å². The average molecular weight is 398 g/mol. The molecule has 1 saturated heterocycles. The molecule has 2 aromatic carbocycles. The molecule has 146 valence electrons. The van der Waals surface area contributed by atoms with Gasteiger partial charge in [0.1, 0.15) is 0 Å². The van der Waals surface area contributed by atoms with E-state index in [1.54, 1.807) is 36.9 Å². The third kappa shape index (κ3) is 2.81. The Morgan fingerprint density at radius 3 is 2.50 bits per heavy atom. The summed E-state index contributed by atoms with van der Waals surface area (Å²) < 4.78 is 25.9. The van der Waals surface area contributed by atoms with E-state index in [2.05, 4.69) is 0 Å². The fraction of sp³-hybridized carbons (Fsp3) is 0.333. The quantitative estimate of drug-likeness (QED) is 0.779. The predicted molar refractivity (Wildman–Crippen MR) is 108 cm³/mol. The van der Waals surface area contributed by atoms with Crippen molar-refractivity contribution in [1.29, 1.82) is 0 Å². The molecule has 28 heavy (non-hydrogen) atoms. The van der Waals surface area contributed by atoms with E-state index in [1.807, 2.05) is 31.2 Å². The zero-order valence-electron chi connectivity index (χ0n) is 16.0. The fourth-order valence-corrected chi connectivity index (χ4v) is 6.14. The molecule has 2 heterocycles. The van der Waals surface area contributed by atoms with Gasteiger partial charge in [-0.3, -0.25) is 9.59 Å². The monoisotopic (exact) mass is 398 g/mol. The molecule has 2 amide bonds. The van der Waals surface area contributed by atoms with Crippen molar-refractivity contribution in [2.24, 2.45) is 5.41 Å². The number of fused-ring (bicyclic) bond motifs is 1. The lowest BCUT2D eigenvalue weighted by atomic mass is 9.95. The minimum absolute atomic E-state index is 0.00430. The average Bonchev–Trinajstić information content (AvgIpc) is 3.03. The largest absolute Gasteiger partial charge is 0.305 e. The zero-order valence-corrected chi connectivity index (χ0v) is 16.9. The van der Waals surface area contributed by atoms with Crippen molar-refractivity contribution in [3.8, 4) is 0 Å². The molecule has 0 aliphatic carbocycles. The molecule has 0 bridgehead atoms. The van der Waals surface area contributed by atoms with Crippen LogP contribution in [0.4, 0.5) is 11.4 Å². The molecule has 0 N–H and O–H groups in total. The second-order valence-electron chi connectivity index (χ2n) is 8.12. The summed E-state index contributed by atoms with van der Waals surface area (Å²) in [4.78, 5) is 27.6. The van der Waals surface area contributed by atoms with Crippen LogP contribution in [0.3, 0.4) is 0 Å². The third-order valence-corrected chi connectivity index (χ3v) is 7.36. The van der Waals surface area contributed by atoms with Crippen molar-refractivity contribution in [3.05, 3.63) is 59.7 Å². The second kappa shape index (κ2) is 6.17. The Bertz CT molecular complexity index is 1090. The highest BCUT2D eigenvalue weighted by Gasteiger charge is 2.50. The Balaban J connectivity index is 1.73. The molecule has 2 aliphatic rings. The minimum Gasteiger partial charge on any atom is -0.305 e. The smallest absolute Gasteiger partial charge is 0.258 e. The molecule has 0 aromatic heterocycles. The van der Waals surface area contributed by atoms with Crippen LogP contribution in [-0.2, 0) is 21.2 Å². The minimum atomic E-state index is -3.76. The number of carbonyl (C=O) groups excluding carboxylic acids is 2. The van der Waals surface area contributed by atoms with Gasteiger partial charge in [-0.05, 0) is 57.0 Å². The molecule has 6 nitrogen and oxygen atoms in total. The van der Waals surface area contributed by atoms with E-state index < -0.39 is 21.3 Å². The molecule has 0 radical (unpaired) electrons. The molecule has 7 heteroatoms. The second-order valence-corrected chi connectivity index (χ2v) is 9.93. The van der Waals surface area contributed by atoms with Crippen LogP contribution in [0.2, 0.25) is 0 Å². The van der Waals surface area contributed by atoms with Crippen molar-refractivity contribution in [2.75, 3.05) is 15.0 Å². The van der Waals surface area contributed by atoms with Crippen LogP contribution >= 0.6 is 0 Å². The fourth-order valence-electron chi connectivity index (χ4n) is 4.04. The molecule has 0 spiro atoms. The Kier molecular flexibility index (Phi) is 4.12. The number of carbonyl (C=O) groups is 2. The topological polar surface area (TPSA) is 74.8 Å². The Labute approximate surface area is 164 Å². The van der Waals surface area contributed by atoms with Gasteiger partial charge in [-0.15, -0.1) is 0 Å². The van der Waals surface area contributed by atoms with Crippen LogP contribution in [0.25, 0.3) is 0 Å². The van der Waals surface area contributed by atoms with Crippen molar-refractivity contribution in [2.45, 2.75) is 33.2 Å². The predicted octanol–water partition coefficient (Wildman–Crippen LogP) is 2.98. The van der Waals surface area contributed by atoms with Crippen molar-refractivity contribution in [3.63, 3.8) is 0 Å². The first-order chi connectivity index (χ1) is 13.1. The standard InChI is InChI=1S/C21H22N2O4S/c1-14-11-15-7-4-5-10-18(15)22(14)19(24)16-8-6-9-17(12-16)23-20(25)21(2,3)13-28(23,26)27/h4-10,12,14H,11,13H2,1-3H3/t14-/m1/s1. The maximum atomic E-state index is 13.2. The summed E-state index contributed by atoms with van der Waals surface area (Å²) in [7, 11) is -3.76. The van der Waals surface area contributed by atoms with Gasteiger partial charge in [-0.1, -0.05) is 24.3 Å². The van der Waals surface area contributed by atoms with Gasteiger partial charge in [0.2, 0.25) is 15.9 Å². The summed E-state index contributed by atoms with van der Waals surface area (Å²) in [6.07, 6.45) is 0.773. The first-order valence-electron chi connectivity index (χ1n) is 9.21. The number of amides is 2. The van der Waals surface area contributed by atoms with Gasteiger partial charge in [0.15, 0.2) is 0 Å². The van der Waals surface area contributed by atoms with Crippen LogP contribution in [0.1, 0.15) is 36.7 Å². The summed E-state index contributed by atoms with van der Waals surface area (Å²) in [5, 5.41) is 0.